The molecule has 116 valence electrons. The number of nitrogens with one attached hydrogen (secondary N) is 1. The van der Waals surface area contributed by atoms with E-state index in [0.717, 1.165) is 26.3 Å². The molecule has 1 aromatic heterocycles. The predicted octanol–water partition coefficient (Wildman–Crippen LogP) is 1.98. The summed E-state index contributed by atoms with van der Waals surface area (Å²) < 4.78 is 11.1. The molecule has 0 bridgehead atoms. The van der Waals surface area contributed by atoms with Gasteiger partial charge in [-0.15, -0.1) is 0 Å². The Hall–Kier alpha value is -1.58. The minimum atomic E-state index is -0.207. The van der Waals surface area contributed by atoms with Crippen LogP contribution in [0.15, 0.2) is 4.42 Å². The first-order valence-electron chi connectivity index (χ1n) is 7.39. The van der Waals surface area contributed by atoms with Gasteiger partial charge in [0.25, 0.3) is 0 Å². The minimum Gasteiger partial charge on any atom is -0.423 e. The highest BCUT2D eigenvalue weighted by molar-refractivity contribution is 5.45. The topological polar surface area (TPSA) is 74.3 Å². The SMILES string of the molecule is CC(CNc1oc(C(C)(C)C)nc1C#N)N1CCOCC1. The molecule has 2 heterocycles. The second-order valence-electron chi connectivity index (χ2n) is 6.44. The number of morpholine rings is 1. The third kappa shape index (κ3) is 3.96. The summed E-state index contributed by atoms with van der Waals surface area (Å²) in [6.45, 7) is 12.4. The van der Waals surface area contributed by atoms with E-state index in [1.807, 2.05) is 20.8 Å². The van der Waals surface area contributed by atoms with E-state index in [0.29, 0.717) is 30.1 Å². The maximum atomic E-state index is 9.17. The number of hydrogen-bond acceptors (Lipinski definition) is 6. The molecule has 0 radical (unpaired) electrons. The maximum Gasteiger partial charge on any atom is 0.232 e. The lowest BCUT2D eigenvalue weighted by molar-refractivity contribution is 0.0226. The lowest BCUT2D eigenvalue weighted by atomic mass is 9.97. The van der Waals surface area contributed by atoms with Crippen LogP contribution in [-0.2, 0) is 10.2 Å². The van der Waals surface area contributed by atoms with Crippen LogP contribution in [-0.4, -0.2) is 48.8 Å². The minimum absolute atomic E-state index is 0.207. The van der Waals surface area contributed by atoms with Gasteiger partial charge in [0.1, 0.15) is 6.07 Å². The molecule has 0 spiro atoms. The fraction of sp³-hybridized carbons (Fsp3) is 0.733. The van der Waals surface area contributed by atoms with Crippen LogP contribution in [0.2, 0.25) is 0 Å². The van der Waals surface area contributed by atoms with Crippen molar-refractivity contribution in [2.45, 2.75) is 39.2 Å². The molecule has 0 aliphatic carbocycles. The lowest BCUT2D eigenvalue weighted by Gasteiger charge is -2.32. The summed E-state index contributed by atoms with van der Waals surface area (Å²) in [5.41, 5.74) is 0.121. The lowest BCUT2D eigenvalue weighted by Crippen LogP contribution is -2.45. The standard InChI is InChI=1S/C15H24N4O2/c1-11(19-5-7-20-8-6-19)10-17-13-12(9-16)18-14(21-13)15(2,3)4/h11,17H,5-8,10H2,1-4H3. The fourth-order valence-electron chi connectivity index (χ4n) is 2.22. The molecule has 1 saturated heterocycles. The monoisotopic (exact) mass is 292 g/mol. The average Bonchev–Trinajstić information content (AvgIpc) is 2.89. The Bertz CT molecular complexity index is 507. The molecular weight excluding hydrogens is 268 g/mol. The van der Waals surface area contributed by atoms with Gasteiger partial charge >= 0.3 is 0 Å². The summed E-state index contributed by atoms with van der Waals surface area (Å²) in [7, 11) is 0. The van der Waals surface area contributed by atoms with Crippen molar-refractivity contribution < 1.29 is 9.15 Å². The second kappa shape index (κ2) is 6.46. The zero-order chi connectivity index (χ0) is 15.5. The average molecular weight is 292 g/mol. The summed E-state index contributed by atoms with van der Waals surface area (Å²) >= 11 is 0. The molecule has 1 aliphatic rings. The Morgan fingerprint density at radius 3 is 2.62 bits per heavy atom. The molecule has 6 heteroatoms. The van der Waals surface area contributed by atoms with Crippen LogP contribution in [0.25, 0.3) is 0 Å². The van der Waals surface area contributed by atoms with Gasteiger partial charge in [-0.3, -0.25) is 4.90 Å². The van der Waals surface area contributed by atoms with Gasteiger partial charge < -0.3 is 14.5 Å². The Balaban J connectivity index is 1.99. The van der Waals surface area contributed by atoms with E-state index in [1.165, 1.54) is 0 Å². The van der Waals surface area contributed by atoms with Crippen molar-refractivity contribution in [3.8, 4) is 6.07 Å². The van der Waals surface area contributed by atoms with Crippen molar-refractivity contribution in [3.05, 3.63) is 11.6 Å². The Morgan fingerprint density at radius 2 is 2.05 bits per heavy atom. The molecule has 2 rings (SSSR count). The highest BCUT2D eigenvalue weighted by Gasteiger charge is 2.24. The number of nitriles is 1. The number of rotatable bonds is 4. The van der Waals surface area contributed by atoms with Crippen molar-refractivity contribution in [2.75, 3.05) is 38.2 Å². The molecular formula is C15H24N4O2. The van der Waals surface area contributed by atoms with E-state index in [4.69, 9.17) is 9.15 Å². The van der Waals surface area contributed by atoms with Crippen LogP contribution in [0.1, 0.15) is 39.3 Å². The van der Waals surface area contributed by atoms with Crippen LogP contribution >= 0.6 is 0 Å². The molecule has 6 nitrogen and oxygen atoms in total. The molecule has 1 aromatic rings. The van der Waals surface area contributed by atoms with E-state index in [-0.39, 0.29) is 5.41 Å². The van der Waals surface area contributed by atoms with Gasteiger partial charge in [0.15, 0.2) is 0 Å². The molecule has 0 aromatic carbocycles. The zero-order valence-electron chi connectivity index (χ0n) is 13.3. The van der Waals surface area contributed by atoms with Gasteiger partial charge in [0.05, 0.1) is 13.2 Å². The summed E-state index contributed by atoms with van der Waals surface area (Å²) in [5, 5.41) is 12.4. The molecule has 1 fully saturated rings. The number of oxazole rings is 1. The molecule has 0 saturated carbocycles. The number of aromatic nitrogens is 1. The Morgan fingerprint density at radius 1 is 1.38 bits per heavy atom. The summed E-state index contributed by atoms with van der Waals surface area (Å²) in [4.78, 5) is 6.63. The third-order valence-electron chi connectivity index (χ3n) is 3.60. The molecule has 0 amide bonds. The van der Waals surface area contributed by atoms with Crippen LogP contribution < -0.4 is 5.32 Å². The Labute approximate surface area is 126 Å². The fourth-order valence-corrected chi connectivity index (χ4v) is 2.22. The molecule has 21 heavy (non-hydrogen) atoms. The van der Waals surface area contributed by atoms with Crippen LogP contribution in [0.5, 0.6) is 0 Å². The van der Waals surface area contributed by atoms with Gasteiger partial charge in [0.2, 0.25) is 17.5 Å². The molecule has 1 unspecified atom stereocenters. The highest BCUT2D eigenvalue weighted by atomic mass is 16.5. The van der Waals surface area contributed by atoms with Crippen molar-refractivity contribution in [3.63, 3.8) is 0 Å². The third-order valence-corrected chi connectivity index (χ3v) is 3.60. The zero-order valence-corrected chi connectivity index (χ0v) is 13.3. The number of nitrogens with zero attached hydrogens (tertiary/aromatic N) is 3. The first kappa shape index (κ1) is 15.8. The van der Waals surface area contributed by atoms with Crippen molar-refractivity contribution in [1.29, 1.82) is 5.26 Å². The van der Waals surface area contributed by atoms with E-state index in [9.17, 15) is 5.26 Å². The largest absolute Gasteiger partial charge is 0.423 e. The summed E-state index contributed by atoms with van der Waals surface area (Å²) in [5.74, 6) is 1.06. The smallest absolute Gasteiger partial charge is 0.232 e. The van der Waals surface area contributed by atoms with E-state index in [2.05, 4.69) is 28.2 Å². The van der Waals surface area contributed by atoms with Crippen LogP contribution in [0.4, 0.5) is 5.88 Å². The predicted molar refractivity (Wildman–Crippen MR) is 80.3 cm³/mol. The van der Waals surface area contributed by atoms with Crippen LogP contribution in [0.3, 0.4) is 0 Å². The maximum absolute atomic E-state index is 9.17. The molecule has 1 N–H and O–H groups in total. The second-order valence-corrected chi connectivity index (χ2v) is 6.44. The van der Waals surface area contributed by atoms with Gasteiger partial charge in [-0.1, -0.05) is 20.8 Å². The molecule has 1 atom stereocenters. The van der Waals surface area contributed by atoms with Crippen molar-refractivity contribution in [2.24, 2.45) is 0 Å². The van der Waals surface area contributed by atoms with Gasteiger partial charge in [-0.2, -0.15) is 10.2 Å². The van der Waals surface area contributed by atoms with E-state index >= 15 is 0 Å². The van der Waals surface area contributed by atoms with Gasteiger partial charge in [-0.05, 0) is 6.92 Å². The number of hydrogen-bond donors (Lipinski definition) is 1. The molecule has 1 aliphatic heterocycles. The Kier molecular flexibility index (Phi) is 4.86. The van der Waals surface area contributed by atoms with Crippen molar-refractivity contribution in [1.82, 2.24) is 9.88 Å². The van der Waals surface area contributed by atoms with Gasteiger partial charge in [-0.25, -0.2) is 0 Å². The van der Waals surface area contributed by atoms with Crippen LogP contribution in [0, 0.1) is 11.3 Å². The highest BCUT2D eigenvalue weighted by Crippen LogP contribution is 2.26. The summed E-state index contributed by atoms with van der Waals surface area (Å²) in [6.07, 6.45) is 0. The summed E-state index contributed by atoms with van der Waals surface area (Å²) in [6, 6.07) is 2.44. The van der Waals surface area contributed by atoms with Gasteiger partial charge in [0, 0.05) is 31.1 Å². The number of anilines is 1. The number of ether oxygens (including phenoxy) is 1. The van der Waals surface area contributed by atoms with E-state index in [1.54, 1.807) is 0 Å². The van der Waals surface area contributed by atoms with Crippen molar-refractivity contribution >= 4 is 5.88 Å². The van der Waals surface area contributed by atoms with E-state index < -0.39 is 0 Å². The first-order valence-corrected chi connectivity index (χ1v) is 7.39. The quantitative estimate of drug-likeness (QED) is 0.914. The normalized spacial score (nSPS) is 18.2. The first-order chi connectivity index (χ1) is 9.91.